The summed E-state index contributed by atoms with van der Waals surface area (Å²) >= 11 is 0. The number of fused-ring (bicyclic) bond motifs is 1. The third-order valence-electron chi connectivity index (χ3n) is 7.13. The quantitative estimate of drug-likeness (QED) is 0.429. The van der Waals surface area contributed by atoms with Gasteiger partial charge in [0.05, 0.1) is 0 Å². The van der Waals surface area contributed by atoms with Crippen LogP contribution in [0.5, 0.6) is 0 Å². The molecule has 0 spiro atoms. The minimum atomic E-state index is 0.503. The largest absolute Gasteiger partial charge is 0.306 e. The average Bonchev–Trinajstić information content (AvgIpc) is 2.92. The molecule has 0 amide bonds. The summed E-state index contributed by atoms with van der Waals surface area (Å²) < 4.78 is 0. The highest BCUT2D eigenvalue weighted by atomic mass is 15.2. The smallest absolute Gasteiger partial charge is 0.00162 e. The highest BCUT2D eigenvalue weighted by Crippen LogP contribution is 2.50. The summed E-state index contributed by atoms with van der Waals surface area (Å²) in [4.78, 5) is 5.42. The fraction of sp³-hybridized carbons (Fsp3) is 1.00. The lowest BCUT2D eigenvalue weighted by atomic mass is 9.59. The molecule has 4 atom stereocenters. The molecule has 2 heteroatoms. The van der Waals surface area contributed by atoms with E-state index in [2.05, 4.69) is 58.4 Å². The number of hydrogen-bond acceptors (Lipinski definition) is 2. The van der Waals surface area contributed by atoms with E-state index in [-0.39, 0.29) is 0 Å². The van der Waals surface area contributed by atoms with Crippen LogP contribution in [0.15, 0.2) is 0 Å². The van der Waals surface area contributed by atoms with Crippen molar-refractivity contribution >= 4 is 0 Å². The van der Waals surface area contributed by atoms with E-state index in [0.717, 1.165) is 29.6 Å². The molecule has 0 bridgehead atoms. The number of rotatable bonds is 11. The highest BCUT2D eigenvalue weighted by molar-refractivity contribution is 5.02. The van der Waals surface area contributed by atoms with Crippen molar-refractivity contribution in [1.82, 2.24) is 9.80 Å². The molecule has 1 saturated heterocycles. The van der Waals surface area contributed by atoms with E-state index >= 15 is 0 Å². The molecule has 0 aromatic rings. The first-order valence-electron chi connectivity index (χ1n) is 11.6. The van der Waals surface area contributed by atoms with E-state index in [1.165, 1.54) is 71.2 Å². The topological polar surface area (TPSA) is 6.48 Å². The molecule has 1 aliphatic carbocycles. The maximum absolute atomic E-state index is 2.79. The Morgan fingerprint density at radius 2 is 1.69 bits per heavy atom. The number of nitrogens with zero attached hydrogens (tertiary/aromatic N) is 2. The van der Waals surface area contributed by atoms with Crippen LogP contribution in [0.1, 0.15) is 80.1 Å². The Morgan fingerprint density at radius 1 is 1.00 bits per heavy atom. The summed E-state index contributed by atoms with van der Waals surface area (Å²) in [5.74, 6) is 4.75. The zero-order chi connectivity index (χ0) is 19.3. The van der Waals surface area contributed by atoms with E-state index in [4.69, 9.17) is 0 Å². The van der Waals surface area contributed by atoms with Gasteiger partial charge in [-0.1, -0.05) is 60.8 Å². The lowest BCUT2D eigenvalue weighted by molar-refractivity contribution is 0.00778. The minimum absolute atomic E-state index is 0.503. The molecule has 1 heterocycles. The van der Waals surface area contributed by atoms with Gasteiger partial charge in [0.15, 0.2) is 0 Å². The number of hydrogen-bond donors (Lipinski definition) is 0. The summed E-state index contributed by atoms with van der Waals surface area (Å²) in [6.07, 6.45) is 8.33. The lowest BCUT2D eigenvalue weighted by Gasteiger charge is -2.48. The van der Waals surface area contributed by atoms with Gasteiger partial charge in [-0.15, -0.1) is 0 Å². The van der Waals surface area contributed by atoms with Gasteiger partial charge in [0.2, 0.25) is 0 Å². The van der Waals surface area contributed by atoms with E-state index in [1.807, 2.05) is 0 Å². The van der Waals surface area contributed by atoms with E-state index in [9.17, 15) is 0 Å². The fourth-order valence-corrected chi connectivity index (χ4v) is 5.37. The van der Waals surface area contributed by atoms with Crippen molar-refractivity contribution in [2.45, 2.75) is 80.1 Å². The van der Waals surface area contributed by atoms with Crippen molar-refractivity contribution in [2.75, 3.05) is 39.8 Å². The lowest BCUT2D eigenvalue weighted by Crippen LogP contribution is -2.49. The van der Waals surface area contributed by atoms with Gasteiger partial charge in [-0.05, 0) is 74.4 Å². The molecular formula is C24H48N2. The first-order valence-corrected chi connectivity index (χ1v) is 11.6. The SMILES string of the molecule is CC(C)CCCCN(C)C[C@H]1[C@@H](C)[C@@H]2CN(CCCCC(C)(C)C)C[C@H]12. The molecule has 0 unspecified atom stereocenters. The molecule has 2 aliphatic rings. The normalized spacial score (nSPS) is 29.4. The van der Waals surface area contributed by atoms with Crippen LogP contribution in [0.25, 0.3) is 0 Å². The van der Waals surface area contributed by atoms with Crippen molar-refractivity contribution in [3.05, 3.63) is 0 Å². The molecule has 0 radical (unpaired) electrons. The zero-order valence-corrected chi connectivity index (χ0v) is 19.1. The van der Waals surface area contributed by atoms with Crippen LogP contribution < -0.4 is 0 Å². The first kappa shape index (κ1) is 22.2. The summed E-state index contributed by atoms with van der Waals surface area (Å²) in [7, 11) is 2.36. The molecule has 0 N–H and O–H groups in total. The van der Waals surface area contributed by atoms with Crippen LogP contribution in [0.3, 0.4) is 0 Å². The van der Waals surface area contributed by atoms with E-state index in [0.29, 0.717) is 5.41 Å². The Morgan fingerprint density at radius 3 is 2.35 bits per heavy atom. The van der Waals surface area contributed by atoms with E-state index < -0.39 is 0 Å². The van der Waals surface area contributed by atoms with Crippen molar-refractivity contribution < 1.29 is 0 Å². The Kier molecular flexibility index (Phi) is 8.47. The van der Waals surface area contributed by atoms with Crippen LogP contribution in [0.2, 0.25) is 0 Å². The van der Waals surface area contributed by atoms with Gasteiger partial charge in [0, 0.05) is 19.6 Å². The van der Waals surface area contributed by atoms with Crippen LogP contribution in [-0.4, -0.2) is 49.6 Å². The highest BCUT2D eigenvalue weighted by Gasteiger charge is 2.52. The molecular weight excluding hydrogens is 316 g/mol. The Bertz CT molecular complexity index is 398. The second kappa shape index (κ2) is 9.92. The maximum Gasteiger partial charge on any atom is 0.00162 e. The molecule has 1 aliphatic heterocycles. The van der Waals surface area contributed by atoms with Gasteiger partial charge in [-0.3, -0.25) is 0 Å². The average molecular weight is 365 g/mol. The van der Waals surface area contributed by atoms with Crippen LogP contribution >= 0.6 is 0 Å². The predicted octanol–water partition coefficient (Wildman–Crippen LogP) is 5.77. The Labute approximate surface area is 165 Å². The zero-order valence-electron chi connectivity index (χ0n) is 19.1. The van der Waals surface area contributed by atoms with Gasteiger partial charge in [0.1, 0.15) is 0 Å². The first-order chi connectivity index (χ1) is 12.2. The second-order valence-corrected chi connectivity index (χ2v) is 11.3. The molecule has 154 valence electrons. The van der Waals surface area contributed by atoms with Crippen LogP contribution in [-0.2, 0) is 0 Å². The van der Waals surface area contributed by atoms with Crippen molar-refractivity contribution in [2.24, 2.45) is 35.0 Å². The summed E-state index contributed by atoms with van der Waals surface area (Å²) in [5.41, 5.74) is 0.503. The van der Waals surface area contributed by atoms with Crippen molar-refractivity contribution in [3.8, 4) is 0 Å². The summed E-state index contributed by atoms with van der Waals surface area (Å²) in [5, 5.41) is 0. The van der Waals surface area contributed by atoms with Gasteiger partial charge in [0.25, 0.3) is 0 Å². The van der Waals surface area contributed by atoms with Gasteiger partial charge in [-0.25, -0.2) is 0 Å². The van der Waals surface area contributed by atoms with Gasteiger partial charge < -0.3 is 9.80 Å². The molecule has 0 aromatic carbocycles. The summed E-state index contributed by atoms with van der Waals surface area (Å²) in [6.45, 7) is 21.1. The van der Waals surface area contributed by atoms with Crippen LogP contribution in [0, 0.1) is 35.0 Å². The van der Waals surface area contributed by atoms with E-state index in [1.54, 1.807) is 0 Å². The third-order valence-corrected chi connectivity index (χ3v) is 7.13. The molecule has 2 fully saturated rings. The minimum Gasteiger partial charge on any atom is -0.306 e. The third kappa shape index (κ3) is 6.82. The maximum atomic E-state index is 2.79. The second-order valence-electron chi connectivity index (χ2n) is 11.3. The Balaban J connectivity index is 1.63. The van der Waals surface area contributed by atoms with Crippen molar-refractivity contribution in [1.29, 1.82) is 0 Å². The monoisotopic (exact) mass is 364 g/mol. The molecule has 26 heavy (non-hydrogen) atoms. The standard InChI is InChI=1S/C24H48N2/c1-19(2)12-8-10-14-25(7)16-21-20(3)22-17-26(18-23(21)22)15-11-9-13-24(4,5)6/h19-23H,8-18H2,1-7H3/t20-,21+,22+,23-/m1/s1. The molecule has 0 aromatic heterocycles. The molecule has 1 saturated carbocycles. The number of unbranched alkanes of at least 4 members (excludes halogenated alkanes) is 2. The molecule has 2 nitrogen and oxygen atoms in total. The fourth-order valence-electron chi connectivity index (χ4n) is 5.37. The van der Waals surface area contributed by atoms with Crippen LogP contribution in [0.4, 0.5) is 0 Å². The van der Waals surface area contributed by atoms with Gasteiger partial charge >= 0.3 is 0 Å². The number of likely N-dealkylation sites (tertiary alicyclic amines) is 1. The van der Waals surface area contributed by atoms with Crippen molar-refractivity contribution in [3.63, 3.8) is 0 Å². The van der Waals surface area contributed by atoms with Gasteiger partial charge in [-0.2, -0.15) is 0 Å². The molecule has 2 rings (SSSR count). The summed E-state index contributed by atoms with van der Waals surface area (Å²) in [6, 6.07) is 0. The predicted molar refractivity (Wildman–Crippen MR) is 116 cm³/mol. The Hall–Kier alpha value is -0.0800.